The Bertz CT molecular complexity index is 692. The van der Waals surface area contributed by atoms with Crippen molar-refractivity contribution in [2.45, 2.75) is 12.8 Å². The third-order valence-corrected chi connectivity index (χ3v) is 4.19. The zero-order valence-electron chi connectivity index (χ0n) is 15.8. The Morgan fingerprint density at radius 1 is 0.963 bits per heavy atom. The molecule has 2 aromatic rings. The highest BCUT2D eigenvalue weighted by atomic mass is 16.5. The summed E-state index contributed by atoms with van der Waals surface area (Å²) in [6, 6.07) is 11.4. The Morgan fingerprint density at radius 2 is 1.48 bits per heavy atom. The zero-order chi connectivity index (χ0) is 20.2. The molecule has 0 bridgehead atoms. The van der Waals surface area contributed by atoms with E-state index in [1.54, 1.807) is 18.9 Å². The minimum absolute atomic E-state index is 0.0694. The number of carboxylic acids is 1. The van der Waals surface area contributed by atoms with Crippen LogP contribution in [0.15, 0.2) is 36.4 Å². The fourth-order valence-electron chi connectivity index (χ4n) is 2.54. The molecule has 7 heteroatoms. The Balaban J connectivity index is 0.000000314. The van der Waals surface area contributed by atoms with Crippen molar-refractivity contribution in [3.8, 4) is 5.75 Å². The van der Waals surface area contributed by atoms with Gasteiger partial charge in [0.25, 0.3) is 0 Å². The van der Waals surface area contributed by atoms with Gasteiger partial charge in [0.15, 0.2) is 0 Å². The van der Waals surface area contributed by atoms with E-state index in [4.69, 9.17) is 25.2 Å². The lowest BCUT2D eigenvalue weighted by molar-refractivity contribution is -0.138. The maximum absolute atomic E-state index is 10.9. The molecule has 4 N–H and O–H groups in total. The predicted octanol–water partition coefficient (Wildman–Crippen LogP) is 1.30. The van der Waals surface area contributed by atoms with Crippen LogP contribution in [0.2, 0.25) is 0 Å². The second-order valence-corrected chi connectivity index (χ2v) is 6.04. The normalized spacial score (nSPS) is 11.8. The van der Waals surface area contributed by atoms with Gasteiger partial charge in [-0.3, -0.25) is 9.69 Å². The second-order valence-electron chi connectivity index (χ2n) is 6.04. The first-order chi connectivity index (χ1) is 13.0. The molecule has 0 spiro atoms. The fraction of sp³-hybridized carbons (Fsp3) is 0.450. The average molecular weight is 379 g/mol. The van der Waals surface area contributed by atoms with Gasteiger partial charge in [0.1, 0.15) is 5.75 Å². The zero-order valence-corrected chi connectivity index (χ0v) is 15.8. The molecule has 27 heavy (non-hydrogen) atoms. The van der Waals surface area contributed by atoms with E-state index in [1.165, 1.54) is 0 Å². The molecule has 0 fully saturated rings. The number of carboxylic acid groups (broad SMARTS) is 1. The summed E-state index contributed by atoms with van der Waals surface area (Å²) >= 11 is 0. The Labute approximate surface area is 159 Å². The first kappa shape index (κ1) is 22.9. The summed E-state index contributed by atoms with van der Waals surface area (Å²) < 4.78 is 5.14. The summed E-state index contributed by atoms with van der Waals surface area (Å²) in [4.78, 5) is 12.7. The van der Waals surface area contributed by atoms with Gasteiger partial charge in [-0.15, -0.1) is 0 Å². The summed E-state index contributed by atoms with van der Waals surface area (Å²) in [5, 5.41) is 36.5. The monoisotopic (exact) mass is 379 g/mol. The average Bonchev–Trinajstić information content (AvgIpc) is 2.67. The van der Waals surface area contributed by atoms with Crippen LogP contribution in [0, 0.1) is 0 Å². The van der Waals surface area contributed by atoms with Crippen LogP contribution < -0.4 is 4.74 Å². The van der Waals surface area contributed by atoms with Crippen molar-refractivity contribution in [3.63, 3.8) is 0 Å². The molecule has 0 saturated heterocycles. The number of carbonyl (C=O) groups is 1. The second kappa shape index (κ2) is 12.2. The molecular weight excluding hydrogens is 350 g/mol. The van der Waals surface area contributed by atoms with Gasteiger partial charge in [-0.1, -0.05) is 24.3 Å². The van der Waals surface area contributed by atoms with E-state index in [9.17, 15) is 4.79 Å². The van der Waals surface area contributed by atoms with Crippen LogP contribution in [0.3, 0.4) is 0 Å². The highest BCUT2D eigenvalue weighted by molar-refractivity contribution is 5.86. The summed E-state index contributed by atoms with van der Waals surface area (Å²) in [7, 11) is 1.63. The van der Waals surface area contributed by atoms with E-state index in [-0.39, 0.29) is 19.8 Å². The molecule has 0 heterocycles. The van der Waals surface area contributed by atoms with Gasteiger partial charge in [0.2, 0.25) is 0 Å². The van der Waals surface area contributed by atoms with E-state index in [0.29, 0.717) is 19.6 Å². The molecule has 7 nitrogen and oxygen atoms in total. The van der Waals surface area contributed by atoms with Crippen molar-refractivity contribution >= 4 is 16.7 Å². The molecular formula is C20H29NO6. The standard InChI is InChI=1S/C14H14O3.C6H15NO3/c1-9(14(15)16)10-3-4-12-8-13(17-2)6-5-11(12)7-10;8-4-1-7(2-5-9)3-6-10/h3-9H,1-2H3,(H,15,16);8-10H,1-6H2/t9-;/m0./s1. The molecule has 0 aliphatic carbocycles. The van der Waals surface area contributed by atoms with Crippen molar-refractivity contribution < 1.29 is 30.0 Å². The maximum Gasteiger partial charge on any atom is 0.310 e. The van der Waals surface area contributed by atoms with E-state index in [0.717, 1.165) is 22.1 Å². The van der Waals surface area contributed by atoms with Crippen LogP contribution in [0.5, 0.6) is 5.75 Å². The number of aliphatic hydroxyl groups is 3. The van der Waals surface area contributed by atoms with Crippen molar-refractivity contribution in [2.75, 3.05) is 46.6 Å². The molecule has 0 aliphatic rings. The Kier molecular flexibility index (Phi) is 10.4. The van der Waals surface area contributed by atoms with E-state index in [1.807, 2.05) is 36.4 Å². The summed E-state index contributed by atoms with van der Waals surface area (Å²) in [6.45, 7) is 3.44. The van der Waals surface area contributed by atoms with E-state index in [2.05, 4.69) is 0 Å². The molecule has 0 aromatic heterocycles. The number of nitrogens with zero attached hydrogens (tertiary/aromatic N) is 1. The lowest BCUT2D eigenvalue weighted by Crippen LogP contribution is -2.32. The van der Waals surface area contributed by atoms with Crippen LogP contribution in [0.4, 0.5) is 0 Å². The number of aliphatic carboxylic acids is 1. The molecule has 0 amide bonds. The van der Waals surface area contributed by atoms with Gasteiger partial charge in [-0.25, -0.2) is 0 Å². The van der Waals surface area contributed by atoms with Gasteiger partial charge >= 0.3 is 5.97 Å². The molecule has 0 aliphatic heterocycles. The smallest absolute Gasteiger partial charge is 0.310 e. The quantitative estimate of drug-likeness (QED) is 0.520. The predicted molar refractivity (Wildman–Crippen MR) is 104 cm³/mol. The van der Waals surface area contributed by atoms with Crippen LogP contribution in [0.25, 0.3) is 10.8 Å². The first-order valence-electron chi connectivity index (χ1n) is 8.82. The summed E-state index contributed by atoms with van der Waals surface area (Å²) in [6.07, 6.45) is 0. The molecule has 0 radical (unpaired) electrons. The van der Waals surface area contributed by atoms with Gasteiger partial charge in [0, 0.05) is 19.6 Å². The maximum atomic E-state index is 10.9. The third-order valence-electron chi connectivity index (χ3n) is 4.19. The van der Waals surface area contributed by atoms with Crippen LogP contribution in [0.1, 0.15) is 18.4 Å². The molecule has 0 unspecified atom stereocenters. The number of hydrogen-bond acceptors (Lipinski definition) is 6. The lowest BCUT2D eigenvalue weighted by Gasteiger charge is -2.17. The molecule has 1 atom stereocenters. The minimum Gasteiger partial charge on any atom is -0.497 e. The van der Waals surface area contributed by atoms with Crippen LogP contribution >= 0.6 is 0 Å². The number of methoxy groups -OCH3 is 1. The van der Waals surface area contributed by atoms with E-state index >= 15 is 0 Å². The third kappa shape index (κ3) is 7.52. The summed E-state index contributed by atoms with van der Waals surface area (Å²) in [5.74, 6) is -0.490. The first-order valence-corrected chi connectivity index (χ1v) is 8.82. The van der Waals surface area contributed by atoms with Crippen LogP contribution in [-0.2, 0) is 4.79 Å². The number of aliphatic hydroxyl groups excluding tert-OH is 3. The highest BCUT2D eigenvalue weighted by Gasteiger charge is 2.13. The number of rotatable bonds is 9. The van der Waals surface area contributed by atoms with Crippen LogP contribution in [-0.4, -0.2) is 77.9 Å². The van der Waals surface area contributed by atoms with Gasteiger partial charge in [-0.2, -0.15) is 0 Å². The number of ether oxygens (including phenoxy) is 1. The fourth-order valence-corrected chi connectivity index (χ4v) is 2.54. The van der Waals surface area contributed by atoms with Crippen molar-refractivity contribution in [2.24, 2.45) is 0 Å². The summed E-state index contributed by atoms with van der Waals surface area (Å²) in [5.41, 5.74) is 0.815. The van der Waals surface area contributed by atoms with E-state index < -0.39 is 11.9 Å². The molecule has 0 saturated carbocycles. The molecule has 2 rings (SSSR count). The van der Waals surface area contributed by atoms with Gasteiger partial charge in [0.05, 0.1) is 32.8 Å². The number of hydrogen-bond donors (Lipinski definition) is 4. The number of benzene rings is 2. The SMILES string of the molecule is COc1ccc2cc([C@H](C)C(=O)O)ccc2c1.OCCN(CCO)CCO. The Morgan fingerprint density at radius 3 is 1.96 bits per heavy atom. The molecule has 150 valence electrons. The lowest BCUT2D eigenvalue weighted by atomic mass is 9.98. The van der Waals surface area contributed by atoms with Crippen molar-refractivity contribution in [1.82, 2.24) is 4.90 Å². The minimum atomic E-state index is -0.808. The van der Waals surface area contributed by atoms with Crippen molar-refractivity contribution in [1.29, 1.82) is 0 Å². The van der Waals surface area contributed by atoms with Crippen molar-refractivity contribution in [3.05, 3.63) is 42.0 Å². The van der Waals surface area contributed by atoms with Gasteiger partial charge in [-0.05, 0) is 35.4 Å². The molecule has 2 aromatic carbocycles. The Hall–Kier alpha value is -2.19. The van der Waals surface area contributed by atoms with Gasteiger partial charge < -0.3 is 25.2 Å². The highest BCUT2D eigenvalue weighted by Crippen LogP contribution is 2.25. The number of fused-ring (bicyclic) bond motifs is 1. The largest absolute Gasteiger partial charge is 0.497 e. The topological polar surface area (TPSA) is 110 Å².